The van der Waals surface area contributed by atoms with Crippen LogP contribution in [0.4, 0.5) is 0 Å². The third kappa shape index (κ3) is 4.00. The van der Waals surface area contributed by atoms with Crippen molar-refractivity contribution in [2.75, 3.05) is 32.9 Å². The first-order chi connectivity index (χ1) is 14.5. The highest BCUT2D eigenvalue weighted by atomic mass is 32.2. The Hall–Kier alpha value is -3.01. The number of Topliss-reactive ketones (excluding diaryl/α,β-unsaturated/α-hetero) is 1. The quantitative estimate of drug-likeness (QED) is 0.477. The van der Waals surface area contributed by atoms with Crippen molar-refractivity contribution in [1.82, 2.24) is 9.29 Å². The molecule has 0 unspecified atom stereocenters. The molecular weight excluding hydrogens is 408 g/mol. The molecule has 0 radical (unpaired) electrons. The number of nitrogens with one attached hydrogen (secondary N) is 1. The number of aromatic amines is 1. The van der Waals surface area contributed by atoms with Crippen LogP contribution in [-0.2, 0) is 19.5 Å². The number of carbonyl (C=O) groups excluding carboxylic acids is 2. The molecule has 1 aliphatic rings. The van der Waals surface area contributed by atoms with Crippen LogP contribution in [0, 0.1) is 0 Å². The van der Waals surface area contributed by atoms with Crippen molar-refractivity contribution >= 4 is 32.7 Å². The summed E-state index contributed by atoms with van der Waals surface area (Å²) in [5.74, 6) is -1.02. The maximum atomic E-state index is 12.6. The number of ketones is 1. The molecule has 3 aromatic rings. The second-order valence-electron chi connectivity index (χ2n) is 6.79. The third-order valence-corrected chi connectivity index (χ3v) is 6.83. The minimum Gasteiger partial charge on any atom is -0.454 e. The number of para-hydroxylation sites is 1. The number of fused-ring (bicyclic) bond motifs is 1. The van der Waals surface area contributed by atoms with Crippen LogP contribution < -0.4 is 0 Å². The maximum Gasteiger partial charge on any atom is 0.338 e. The number of morpholine rings is 1. The summed E-state index contributed by atoms with van der Waals surface area (Å²) in [6.45, 7) is 0.890. The van der Waals surface area contributed by atoms with Gasteiger partial charge in [-0.25, -0.2) is 13.2 Å². The Morgan fingerprint density at radius 1 is 1.03 bits per heavy atom. The average Bonchev–Trinajstić information content (AvgIpc) is 3.22. The van der Waals surface area contributed by atoms with Crippen molar-refractivity contribution in [3.8, 4) is 0 Å². The van der Waals surface area contributed by atoms with Gasteiger partial charge in [0, 0.05) is 35.8 Å². The lowest BCUT2D eigenvalue weighted by Crippen LogP contribution is -2.40. The van der Waals surface area contributed by atoms with Crippen LogP contribution in [0.25, 0.3) is 10.9 Å². The summed E-state index contributed by atoms with van der Waals surface area (Å²) in [6, 6.07) is 12.8. The molecule has 1 fully saturated rings. The molecule has 0 atom stereocenters. The highest BCUT2D eigenvalue weighted by Gasteiger charge is 2.26. The smallest absolute Gasteiger partial charge is 0.338 e. The van der Waals surface area contributed by atoms with E-state index in [9.17, 15) is 18.0 Å². The minimum atomic E-state index is -3.64. The first-order valence-corrected chi connectivity index (χ1v) is 10.9. The molecule has 2 aromatic carbocycles. The van der Waals surface area contributed by atoms with Gasteiger partial charge in [-0.1, -0.05) is 18.2 Å². The molecule has 156 valence electrons. The normalized spacial score (nSPS) is 15.2. The number of carbonyl (C=O) groups is 2. The van der Waals surface area contributed by atoms with Crippen LogP contribution in [0.5, 0.6) is 0 Å². The molecule has 1 aromatic heterocycles. The van der Waals surface area contributed by atoms with Gasteiger partial charge in [0.2, 0.25) is 15.8 Å². The van der Waals surface area contributed by atoms with Crippen LogP contribution in [0.2, 0.25) is 0 Å². The van der Waals surface area contributed by atoms with Crippen LogP contribution in [0.1, 0.15) is 20.7 Å². The largest absolute Gasteiger partial charge is 0.454 e. The second kappa shape index (κ2) is 8.39. The highest BCUT2D eigenvalue weighted by Crippen LogP contribution is 2.20. The molecule has 1 aliphatic heterocycles. The van der Waals surface area contributed by atoms with Gasteiger partial charge in [-0.2, -0.15) is 4.31 Å². The number of nitrogens with zero attached hydrogens (tertiary/aromatic N) is 1. The molecule has 0 aliphatic carbocycles. The van der Waals surface area contributed by atoms with E-state index < -0.39 is 22.6 Å². The monoisotopic (exact) mass is 428 g/mol. The van der Waals surface area contributed by atoms with E-state index in [1.54, 1.807) is 6.20 Å². The van der Waals surface area contributed by atoms with Crippen LogP contribution in [0.3, 0.4) is 0 Å². The van der Waals surface area contributed by atoms with Gasteiger partial charge < -0.3 is 14.5 Å². The maximum absolute atomic E-state index is 12.6. The summed E-state index contributed by atoms with van der Waals surface area (Å²) in [6.07, 6.45) is 1.59. The molecule has 30 heavy (non-hydrogen) atoms. The molecular formula is C21H20N2O6S. The minimum absolute atomic E-state index is 0.0934. The summed E-state index contributed by atoms with van der Waals surface area (Å²) in [5.41, 5.74) is 1.44. The van der Waals surface area contributed by atoms with E-state index in [0.717, 1.165) is 10.9 Å². The number of sulfonamides is 1. The van der Waals surface area contributed by atoms with Crippen LogP contribution in [-0.4, -0.2) is 62.4 Å². The van der Waals surface area contributed by atoms with Crippen molar-refractivity contribution in [2.24, 2.45) is 0 Å². The van der Waals surface area contributed by atoms with Gasteiger partial charge in [0.05, 0.1) is 23.7 Å². The van der Waals surface area contributed by atoms with Crippen molar-refractivity contribution in [1.29, 1.82) is 0 Å². The number of benzene rings is 2. The van der Waals surface area contributed by atoms with Gasteiger partial charge in [-0.05, 0) is 30.3 Å². The Balaban J connectivity index is 1.41. The Bertz CT molecular complexity index is 1180. The zero-order valence-electron chi connectivity index (χ0n) is 16.0. The van der Waals surface area contributed by atoms with E-state index >= 15 is 0 Å². The van der Waals surface area contributed by atoms with Gasteiger partial charge >= 0.3 is 5.97 Å². The molecule has 2 heterocycles. The summed E-state index contributed by atoms with van der Waals surface area (Å²) < 4.78 is 36.9. The average molecular weight is 428 g/mol. The molecule has 0 spiro atoms. The van der Waals surface area contributed by atoms with Gasteiger partial charge in [-0.3, -0.25) is 4.79 Å². The zero-order valence-corrected chi connectivity index (χ0v) is 16.9. The zero-order chi connectivity index (χ0) is 21.1. The van der Waals surface area contributed by atoms with Gasteiger partial charge in [0.1, 0.15) is 0 Å². The number of ether oxygens (including phenoxy) is 2. The number of hydrogen-bond donors (Lipinski definition) is 1. The molecule has 0 bridgehead atoms. The highest BCUT2D eigenvalue weighted by molar-refractivity contribution is 7.89. The lowest BCUT2D eigenvalue weighted by atomic mass is 10.1. The number of H-pyrrole nitrogens is 1. The van der Waals surface area contributed by atoms with E-state index in [2.05, 4.69) is 4.98 Å². The first-order valence-electron chi connectivity index (χ1n) is 9.41. The molecule has 9 heteroatoms. The van der Waals surface area contributed by atoms with Crippen molar-refractivity contribution in [3.63, 3.8) is 0 Å². The number of esters is 1. The number of hydrogen-bond acceptors (Lipinski definition) is 6. The van der Waals surface area contributed by atoms with Crippen LogP contribution >= 0.6 is 0 Å². The Labute approximate surface area is 173 Å². The lowest BCUT2D eigenvalue weighted by molar-refractivity contribution is 0.0475. The fraction of sp³-hybridized carbons (Fsp3) is 0.238. The first kappa shape index (κ1) is 20.3. The predicted octanol–water partition coefficient (Wildman–Crippen LogP) is 2.23. The standard InChI is InChI=1S/C21H20N2O6S/c24-20(18-13-22-19-4-2-1-3-17(18)19)14-29-21(25)15-5-7-16(8-6-15)30(26,27)23-9-11-28-12-10-23/h1-8,13,22H,9-12,14H2. The van der Waals surface area contributed by atoms with Gasteiger partial charge in [-0.15, -0.1) is 0 Å². The summed E-state index contributed by atoms with van der Waals surface area (Å²) in [4.78, 5) is 27.8. The van der Waals surface area contributed by atoms with E-state index in [4.69, 9.17) is 9.47 Å². The van der Waals surface area contributed by atoms with Gasteiger partial charge in [0.15, 0.2) is 6.61 Å². The fourth-order valence-corrected chi connectivity index (χ4v) is 4.70. The van der Waals surface area contributed by atoms with E-state index in [1.807, 2.05) is 24.3 Å². The van der Waals surface area contributed by atoms with Crippen molar-refractivity contribution in [2.45, 2.75) is 4.90 Å². The summed E-state index contributed by atoms with van der Waals surface area (Å²) in [7, 11) is -3.64. The Morgan fingerprint density at radius 2 is 1.73 bits per heavy atom. The predicted molar refractivity (Wildman–Crippen MR) is 109 cm³/mol. The summed E-state index contributed by atoms with van der Waals surface area (Å²) in [5, 5.41) is 0.760. The topological polar surface area (TPSA) is 106 Å². The van der Waals surface area contributed by atoms with Crippen molar-refractivity contribution in [3.05, 3.63) is 65.9 Å². The molecule has 8 nitrogen and oxygen atoms in total. The molecule has 0 amide bonds. The van der Waals surface area contributed by atoms with Crippen molar-refractivity contribution < 1.29 is 27.5 Å². The van der Waals surface area contributed by atoms with E-state index in [-0.39, 0.29) is 16.2 Å². The summed E-state index contributed by atoms with van der Waals surface area (Å²) >= 11 is 0. The second-order valence-corrected chi connectivity index (χ2v) is 8.73. The Morgan fingerprint density at radius 3 is 2.47 bits per heavy atom. The Kier molecular flexibility index (Phi) is 5.67. The lowest BCUT2D eigenvalue weighted by Gasteiger charge is -2.26. The van der Waals surface area contributed by atoms with Gasteiger partial charge in [0.25, 0.3) is 0 Å². The fourth-order valence-electron chi connectivity index (χ4n) is 3.29. The molecule has 4 rings (SSSR count). The number of aromatic nitrogens is 1. The van der Waals surface area contributed by atoms with Crippen LogP contribution in [0.15, 0.2) is 59.6 Å². The third-order valence-electron chi connectivity index (χ3n) is 4.92. The molecule has 1 N–H and O–H groups in total. The molecule has 0 saturated carbocycles. The SMILES string of the molecule is O=C(OCC(=O)c1c[nH]c2ccccc12)c1ccc(S(=O)(=O)N2CCOCC2)cc1. The van der Waals surface area contributed by atoms with E-state index in [1.165, 1.54) is 28.6 Å². The van der Waals surface area contributed by atoms with E-state index in [0.29, 0.717) is 31.9 Å². The molecule has 1 saturated heterocycles. The number of rotatable bonds is 6.